The summed E-state index contributed by atoms with van der Waals surface area (Å²) in [7, 11) is 3.72. The highest BCUT2D eigenvalue weighted by Crippen LogP contribution is 2.29. The summed E-state index contributed by atoms with van der Waals surface area (Å²) < 4.78 is 5.54. The van der Waals surface area contributed by atoms with E-state index < -0.39 is 0 Å². The van der Waals surface area contributed by atoms with Gasteiger partial charge in [0, 0.05) is 25.2 Å². The first-order chi connectivity index (χ1) is 15.7. The molecule has 4 nitrogen and oxygen atoms in total. The fourth-order valence-electron chi connectivity index (χ4n) is 4.77. The van der Waals surface area contributed by atoms with Gasteiger partial charge in [-0.1, -0.05) is 54.6 Å². The number of carbonyl (C=O) groups excluding carboxylic acids is 1. The largest absolute Gasteiger partial charge is 0.496 e. The molecule has 1 fully saturated rings. The molecule has 1 atom stereocenters. The zero-order valence-corrected chi connectivity index (χ0v) is 19.8. The molecule has 4 rings (SSSR count). The van der Waals surface area contributed by atoms with Crippen molar-refractivity contribution in [1.29, 1.82) is 0 Å². The first-order valence-corrected chi connectivity index (χ1v) is 12.2. The van der Waals surface area contributed by atoms with Gasteiger partial charge < -0.3 is 9.64 Å². The summed E-state index contributed by atoms with van der Waals surface area (Å²) in [6, 6.07) is 22.9. The Morgan fingerprint density at radius 3 is 2.47 bits per heavy atom. The minimum absolute atomic E-state index is 0.136. The summed E-state index contributed by atoms with van der Waals surface area (Å²) in [5.74, 6) is 1.58. The summed E-state index contributed by atoms with van der Waals surface area (Å²) in [6.07, 6.45) is 3.08. The summed E-state index contributed by atoms with van der Waals surface area (Å²) in [4.78, 5) is 18.5. The van der Waals surface area contributed by atoms with Crippen LogP contribution in [0.3, 0.4) is 0 Å². The third kappa shape index (κ3) is 5.40. The molecule has 5 heteroatoms. The quantitative estimate of drug-likeness (QED) is 0.466. The number of nitrogens with zero attached hydrogens (tertiary/aromatic N) is 2. The summed E-state index contributed by atoms with van der Waals surface area (Å²) >= 11 is 1.52. The molecule has 1 unspecified atom stereocenters. The van der Waals surface area contributed by atoms with E-state index in [1.54, 1.807) is 7.11 Å². The minimum atomic E-state index is 0.136. The van der Waals surface area contributed by atoms with Crippen LogP contribution in [0.1, 0.15) is 33.6 Å². The van der Waals surface area contributed by atoms with Crippen molar-refractivity contribution in [2.45, 2.75) is 31.8 Å². The average molecular weight is 449 g/mol. The van der Waals surface area contributed by atoms with E-state index in [0.717, 1.165) is 49.5 Å². The van der Waals surface area contributed by atoms with E-state index in [4.69, 9.17) is 4.74 Å². The maximum absolute atomic E-state index is 13.2. The van der Waals surface area contributed by atoms with Crippen LogP contribution in [0.5, 0.6) is 5.75 Å². The number of hydrogen-bond acceptors (Lipinski definition) is 4. The molecule has 0 radical (unpaired) electrons. The SMILES string of the molecule is COc1ccccc1CN1CCC(C(Cc2ccccc2)N(C)C(=O)c2cccs2)CC1. The normalized spacial score (nSPS) is 15.9. The number of hydrogen-bond donors (Lipinski definition) is 0. The van der Waals surface area contributed by atoms with Crippen molar-refractivity contribution in [3.8, 4) is 5.75 Å². The third-order valence-corrected chi connectivity index (χ3v) is 7.46. The zero-order valence-electron chi connectivity index (χ0n) is 18.9. The van der Waals surface area contributed by atoms with Crippen LogP contribution >= 0.6 is 11.3 Å². The predicted molar refractivity (Wildman–Crippen MR) is 131 cm³/mol. The summed E-state index contributed by atoms with van der Waals surface area (Å²) in [5.41, 5.74) is 2.53. The Hall–Kier alpha value is -2.63. The molecule has 0 bridgehead atoms. The molecule has 0 spiro atoms. The van der Waals surface area contributed by atoms with Gasteiger partial charge in [0.25, 0.3) is 5.91 Å². The topological polar surface area (TPSA) is 32.8 Å². The number of carbonyl (C=O) groups is 1. The van der Waals surface area contributed by atoms with Gasteiger partial charge in [0.05, 0.1) is 12.0 Å². The average Bonchev–Trinajstić information content (AvgIpc) is 3.38. The first-order valence-electron chi connectivity index (χ1n) is 11.3. The Kier molecular flexibility index (Phi) is 7.61. The van der Waals surface area contributed by atoms with Crippen molar-refractivity contribution >= 4 is 17.2 Å². The number of para-hydroxylation sites is 1. The van der Waals surface area contributed by atoms with E-state index in [1.807, 2.05) is 41.6 Å². The second-order valence-electron chi connectivity index (χ2n) is 8.58. The molecule has 1 aliphatic heterocycles. The van der Waals surface area contributed by atoms with Gasteiger partial charge in [0.1, 0.15) is 5.75 Å². The molecular formula is C27H32N2O2S. The van der Waals surface area contributed by atoms with Gasteiger partial charge in [0.2, 0.25) is 0 Å². The molecule has 1 amide bonds. The molecule has 1 saturated heterocycles. The molecule has 0 N–H and O–H groups in total. The maximum Gasteiger partial charge on any atom is 0.263 e. The van der Waals surface area contributed by atoms with E-state index in [2.05, 4.69) is 47.4 Å². The summed E-state index contributed by atoms with van der Waals surface area (Å²) in [5, 5.41) is 1.98. The van der Waals surface area contributed by atoms with Crippen molar-refractivity contribution in [2.24, 2.45) is 5.92 Å². The highest BCUT2D eigenvalue weighted by atomic mass is 32.1. The van der Waals surface area contributed by atoms with Crippen molar-refractivity contribution in [1.82, 2.24) is 9.80 Å². The van der Waals surface area contributed by atoms with Crippen LogP contribution in [-0.2, 0) is 13.0 Å². The number of rotatable bonds is 8. The van der Waals surface area contributed by atoms with Crippen LogP contribution in [0.25, 0.3) is 0 Å². The molecule has 32 heavy (non-hydrogen) atoms. The van der Waals surface area contributed by atoms with E-state index >= 15 is 0 Å². The van der Waals surface area contributed by atoms with Gasteiger partial charge in [-0.05, 0) is 61.3 Å². The van der Waals surface area contributed by atoms with Crippen LogP contribution in [0, 0.1) is 5.92 Å². The van der Waals surface area contributed by atoms with Crippen molar-refractivity contribution in [2.75, 3.05) is 27.2 Å². The Labute approximate surface area is 195 Å². The van der Waals surface area contributed by atoms with Crippen molar-refractivity contribution in [3.63, 3.8) is 0 Å². The molecule has 3 aromatic rings. The minimum Gasteiger partial charge on any atom is -0.496 e. The monoisotopic (exact) mass is 448 g/mol. The Morgan fingerprint density at radius 1 is 1.06 bits per heavy atom. The third-order valence-electron chi connectivity index (χ3n) is 6.60. The smallest absolute Gasteiger partial charge is 0.263 e. The molecule has 0 saturated carbocycles. The van der Waals surface area contributed by atoms with Crippen molar-refractivity contribution in [3.05, 3.63) is 88.1 Å². The second kappa shape index (κ2) is 10.8. The van der Waals surface area contributed by atoms with Gasteiger partial charge in [-0.25, -0.2) is 0 Å². The Balaban J connectivity index is 1.45. The standard InChI is InChI=1S/C27H32N2O2S/c1-28(27(30)26-13-8-18-32-26)24(19-21-9-4-3-5-10-21)22-14-16-29(17-15-22)20-23-11-6-7-12-25(23)31-2/h3-13,18,22,24H,14-17,19-20H2,1-2H3. The number of methoxy groups -OCH3 is 1. The Bertz CT molecular complexity index is 982. The van der Waals surface area contributed by atoms with Crippen LogP contribution in [0.4, 0.5) is 0 Å². The number of likely N-dealkylation sites (N-methyl/N-ethyl adjacent to an activating group) is 1. The highest BCUT2D eigenvalue weighted by Gasteiger charge is 2.32. The second-order valence-corrected chi connectivity index (χ2v) is 9.52. The van der Waals surface area contributed by atoms with E-state index in [-0.39, 0.29) is 11.9 Å². The lowest BCUT2D eigenvalue weighted by molar-refractivity contribution is 0.0589. The summed E-state index contributed by atoms with van der Waals surface area (Å²) in [6.45, 7) is 2.98. The van der Waals surface area contributed by atoms with Crippen LogP contribution < -0.4 is 4.74 Å². The van der Waals surface area contributed by atoms with Gasteiger partial charge in [-0.2, -0.15) is 0 Å². The lowest BCUT2D eigenvalue weighted by Crippen LogP contribution is -2.47. The van der Waals surface area contributed by atoms with Gasteiger partial charge in [0.15, 0.2) is 0 Å². The molecule has 0 aliphatic carbocycles. The highest BCUT2D eigenvalue weighted by molar-refractivity contribution is 7.12. The first kappa shape index (κ1) is 22.6. The van der Waals surface area contributed by atoms with Crippen molar-refractivity contribution < 1.29 is 9.53 Å². The molecule has 168 valence electrons. The lowest BCUT2D eigenvalue weighted by Gasteiger charge is -2.40. The fraction of sp³-hybridized carbons (Fsp3) is 0.370. The molecule has 2 heterocycles. The Morgan fingerprint density at radius 2 is 1.78 bits per heavy atom. The van der Waals surface area contributed by atoms with E-state index in [0.29, 0.717) is 5.92 Å². The molecular weight excluding hydrogens is 416 g/mol. The number of piperidine rings is 1. The van der Waals surface area contributed by atoms with E-state index in [1.165, 1.54) is 22.5 Å². The van der Waals surface area contributed by atoms with Gasteiger partial charge in [-0.3, -0.25) is 9.69 Å². The van der Waals surface area contributed by atoms with Crippen LogP contribution in [0.2, 0.25) is 0 Å². The number of ether oxygens (including phenoxy) is 1. The number of benzene rings is 2. The van der Waals surface area contributed by atoms with Gasteiger partial charge in [-0.15, -0.1) is 11.3 Å². The molecule has 1 aliphatic rings. The lowest BCUT2D eigenvalue weighted by atomic mass is 9.84. The van der Waals surface area contributed by atoms with E-state index in [9.17, 15) is 4.79 Å². The molecule has 1 aromatic heterocycles. The van der Waals surface area contributed by atoms with Gasteiger partial charge >= 0.3 is 0 Å². The maximum atomic E-state index is 13.2. The van der Waals surface area contributed by atoms with Crippen LogP contribution in [0.15, 0.2) is 72.1 Å². The number of thiophene rings is 1. The molecule has 2 aromatic carbocycles. The predicted octanol–water partition coefficient (Wildman–Crippen LogP) is 5.35. The number of likely N-dealkylation sites (tertiary alicyclic amines) is 1. The fourth-order valence-corrected chi connectivity index (χ4v) is 5.48. The number of amides is 1. The van der Waals surface area contributed by atoms with Crippen LogP contribution in [-0.4, -0.2) is 49.0 Å². The zero-order chi connectivity index (χ0) is 22.3.